The maximum absolute atomic E-state index is 13.6. The van der Waals surface area contributed by atoms with Gasteiger partial charge in [-0.25, -0.2) is 9.18 Å². The summed E-state index contributed by atoms with van der Waals surface area (Å²) in [6, 6.07) is 4.24. The zero-order chi connectivity index (χ0) is 14.8. The molecule has 20 heavy (non-hydrogen) atoms. The van der Waals surface area contributed by atoms with E-state index in [2.05, 4.69) is 4.90 Å². The minimum atomic E-state index is -1.25. The first-order chi connectivity index (χ1) is 9.37. The van der Waals surface area contributed by atoms with E-state index in [-0.39, 0.29) is 5.56 Å². The molecule has 1 aliphatic heterocycles. The molecule has 0 radical (unpaired) electrons. The van der Waals surface area contributed by atoms with Gasteiger partial charge in [0.05, 0.1) is 11.2 Å². The molecule has 2 N–H and O–H groups in total. The van der Waals surface area contributed by atoms with E-state index in [9.17, 15) is 14.3 Å². The Bertz CT molecular complexity index is 502. The van der Waals surface area contributed by atoms with Gasteiger partial charge in [-0.15, -0.1) is 0 Å². The normalized spacial score (nSPS) is 24.4. The van der Waals surface area contributed by atoms with E-state index in [0.29, 0.717) is 13.0 Å². The molecule has 1 heterocycles. The molecule has 2 rings (SSSR count). The number of likely N-dealkylation sites (tertiary alicyclic amines) is 1. The molecular weight excluding hydrogens is 261 g/mol. The summed E-state index contributed by atoms with van der Waals surface area (Å²) in [5, 5.41) is 18.8. The molecule has 0 bridgehead atoms. The van der Waals surface area contributed by atoms with Gasteiger partial charge in [0, 0.05) is 13.1 Å². The summed E-state index contributed by atoms with van der Waals surface area (Å²) in [7, 11) is 0. The third-order valence-corrected chi connectivity index (χ3v) is 3.83. The number of halogens is 1. The van der Waals surface area contributed by atoms with Gasteiger partial charge in [-0.3, -0.25) is 4.90 Å². The minimum Gasteiger partial charge on any atom is -0.478 e. The standard InChI is InChI=1S/C15H20FNO3/c1-15(20)5-2-7-17(8-6-15)10-11-3-4-12(14(18)19)13(16)9-11/h3-4,9,20H,2,5-8,10H2,1H3,(H,18,19). The van der Waals surface area contributed by atoms with Crippen molar-refractivity contribution in [2.75, 3.05) is 13.1 Å². The van der Waals surface area contributed by atoms with Crippen LogP contribution in [0.5, 0.6) is 0 Å². The summed E-state index contributed by atoms with van der Waals surface area (Å²) in [4.78, 5) is 12.9. The molecule has 0 amide bonds. The van der Waals surface area contributed by atoms with Gasteiger partial charge in [0.15, 0.2) is 0 Å². The average Bonchev–Trinajstić information content (AvgIpc) is 2.51. The molecule has 0 aromatic heterocycles. The summed E-state index contributed by atoms with van der Waals surface area (Å²) >= 11 is 0. The van der Waals surface area contributed by atoms with Gasteiger partial charge in [0.25, 0.3) is 0 Å². The lowest BCUT2D eigenvalue weighted by Gasteiger charge is -2.22. The lowest BCUT2D eigenvalue weighted by atomic mass is 9.98. The van der Waals surface area contributed by atoms with E-state index >= 15 is 0 Å². The lowest BCUT2D eigenvalue weighted by molar-refractivity contribution is 0.0444. The highest BCUT2D eigenvalue weighted by Gasteiger charge is 2.25. The highest BCUT2D eigenvalue weighted by Crippen LogP contribution is 2.22. The van der Waals surface area contributed by atoms with E-state index in [0.717, 1.165) is 31.5 Å². The van der Waals surface area contributed by atoms with Gasteiger partial charge < -0.3 is 10.2 Å². The topological polar surface area (TPSA) is 60.8 Å². The SMILES string of the molecule is CC1(O)CCCN(Cc2ccc(C(=O)O)c(F)c2)CC1. The Hall–Kier alpha value is -1.46. The Morgan fingerprint density at radius 2 is 2.15 bits per heavy atom. The van der Waals surface area contributed by atoms with Crippen molar-refractivity contribution in [1.29, 1.82) is 0 Å². The molecular formula is C15H20FNO3. The minimum absolute atomic E-state index is 0.299. The van der Waals surface area contributed by atoms with E-state index < -0.39 is 17.4 Å². The fourth-order valence-corrected chi connectivity index (χ4v) is 2.57. The van der Waals surface area contributed by atoms with Crippen LogP contribution in [-0.2, 0) is 6.54 Å². The Labute approximate surface area is 117 Å². The maximum Gasteiger partial charge on any atom is 0.338 e. The summed E-state index contributed by atoms with van der Waals surface area (Å²) in [6.07, 6.45) is 2.38. The molecule has 1 atom stereocenters. The van der Waals surface area contributed by atoms with Crippen molar-refractivity contribution in [1.82, 2.24) is 4.90 Å². The molecule has 5 heteroatoms. The second kappa shape index (κ2) is 5.89. The highest BCUT2D eigenvalue weighted by atomic mass is 19.1. The van der Waals surface area contributed by atoms with Crippen LogP contribution in [0.25, 0.3) is 0 Å². The Morgan fingerprint density at radius 1 is 1.40 bits per heavy atom. The van der Waals surface area contributed by atoms with E-state index in [1.54, 1.807) is 6.07 Å². The van der Waals surface area contributed by atoms with Crippen LogP contribution in [0.3, 0.4) is 0 Å². The molecule has 1 fully saturated rings. The molecule has 1 aliphatic rings. The van der Waals surface area contributed by atoms with Crippen molar-refractivity contribution < 1.29 is 19.4 Å². The van der Waals surface area contributed by atoms with E-state index in [4.69, 9.17) is 5.11 Å². The number of hydrogen-bond donors (Lipinski definition) is 2. The number of nitrogens with zero attached hydrogens (tertiary/aromatic N) is 1. The van der Waals surface area contributed by atoms with Crippen LogP contribution in [0.15, 0.2) is 18.2 Å². The molecule has 4 nitrogen and oxygen atoms in total. The van der Waals surface area contributed by atoms with Gasteiger partial charge in [-0.05, 0) is 50.4 Å². The smallest absolute Gasteiger partial charge is 0.338 e. The fraction of sp³-hybridized carbons (Fsp3) is 0.533. The first-order valence-electron chi connectivity index (χ1n) is 6.84. The number of hydrogen-bond acceptors (Lipinski definition) is 3. The van der Waals surface area contributed by atoms with Crippen LogP contribution in [0, 0.1) is 5.82 Å². The summed E-state index contributed by atoms with van der Waals surface area (Å²) < 4.78 is 13.6. The van der Waals surface area contributed by atoms with Gasteiger partial charge in [-0.2, -0.15) is 0 Å². The molecule has 1 aromatic rings. The van der Waals surface area contributed by atoms with E-state index in [1.165, 1.54) is 12.1 Å². The third-order valence-electron chi connectivity index (χ3n) is 3.83. The quantitative estimate of drug-likeness (QED) is 0.892. The Balaban J connectivity index is 2.03. The van der Waals surface area contributed by atoms with Crippen LogP contribution in [-0.4, -0.2) is 39.8 Å². The van der Waals surface area contributed by atoms with Crippen molar-refractivity contribution in [3.8, 4) is 0 Å². The average molecular weight is 281 g/mol. The highest BCUT2D eigenvalue weighted by molar-refractivity contribution is 5.87. The van der Waals surface area contributed by atoms with Gasteiger partial charge in [-0.1, -0.05) is 6.07 Å². The zero-order valence-corrected chi connectivity index (χ0v) is 11.6. The second-order valence-corrected chi connectivity index (χ2v) is 5.75. The Morgan fingerprint density at radius 3 is 2.80 bits per heavy atom. The summed E-state index contributed by atoms with van der Waals surface area (Å²) in [5.41, 5.74) is -0.158. The number of carboxylic acids is 1. The number of aromatic carboxylic acids is 1. The molecule has 0 spiro atoms. The number of carboxylic acid groups (broad SMARTS) is 1. The van der Waals surface area contributed by atoms with Gasteiger partial charge in [0.2, 0.25) is 0 Å². The fourth-order valence-electron chi connectivity index (χ4n) is 2.57. The number of aliphatic hydroxyl groups is 1. The number of rotatable bonds is 3. The Kier molecular flexibility index (Phi) is 4.40. The van der Waals surface area contributed by atoms with Crippen molar-refractivity contribution in [2.24, 2.45) is 0 Å². The second-order valence-electron chi connectivity index (χ2n) is 5.75. The van der Waals surface area contributed by atoms with Gasteiger partial charge >= 0.3 is 5.97 Å². The van der Waals surface area contributed by atoms with Crippen molar-refractivity contribution >= 4 is 5.97 Å². The molecule has 1 saturated heterocycles. The van der Waals surface area contributed by atoms with Gasteiger partial charge in [0.1, 0.15) is 5.82 Å². The number of benzene rings is 1. The first kappa shape index (κ1) is 14.9. The largest absolute Gasteiger partial charge is 0.478 e. The molecule has 0 aliphatic carbocycles. The first-order valence-corrected chi connectivity index (χ1v) is 6.84. The molecule has 1 aromatic carbocycles. The summed E-state index contributed by atoms with van der Waals surface area (Å²) in [5.74, 6) is -1.95. The van der Waals surface area contributed by atoms with Crippen molar-refractivity contribution in [3.05, 3.63) is 35.1 Å². The van der Waals surface area contributed by atoms with Crippen molar-refractivity contribution in [3.63, 3.8) is 0 Å². The van der Waals surface area contributed by atoms with Crippen LogP contribution < -0.4 is 0 Å². The maximum atomic E-state index is 13.6. The lowest BCUT2D eigenvalue weighted by Crippen LogP contribution is -2.28. The van der Waals surface area contributed by atoms with Crippen LogP contribution in [0.4, 0.5) is 4.39 Å². The molecule has 0 saturated carbocycles. The van der Waals surface area contributed by atoms with Crippen molar-refractivity contribution in [2.45, 2.75) is 38.3 Å². The van der Waals surface area contributed by atoms with Crippen LogP contribution >= 0.6 is 0 Å². The monoisotopic (exact) mass is 281 g/mol. The van der Waals surface area contributed by atoms with E-state index in [1.807, 2.05) is 6.92 Å². The number of carbonyl (C=O) groups is 1. The summed E-state index contributed by atoms with van der Waals surface area (Å²) in [6.45, 7) is 4.04. The molecule has 110 valence electrons. The van der Waals surface area contributed by atoms with Crippen LogP contribution in [0.1, 0.15) is 42.1 Å². The zero-order valence-electron chi connectivity index (χ0n) is 11.6. The third kappa shape index (κ3) is 3.77. The predicted octanol–water partition coefficient (Wildman–Crippen LogP) is 2.26. The van der Waals surface area contributed by atoms with Crippen LogP contribution in [0.2, 0.25) is 0 Å². The molecule has 1 unspecified atom stereocenters. The predicted molar refractivity (Wildman–Crippen MR) is 73.1 cm³/mol.